The van der Waals surface area contributed by atoms with Crippen molar-refractivity contribution in [2.24, 2.45) is 11.3 Å². The molecule has 0 aromatic heterocycles. The number of hydrogen-bond donors (Lipinski definition) is 2. The van der Waals surface area contributed by atoms with Crippen LogP contribution in [-0.2, 0) is 15.0 Å². The fraction of sp³-hybridized carbons (Fsp3) is 0.630. The van der Waals surface area contributed by atoms with Gasteiger partial charge in [0.1, 0.15) is 16.9 Å². The molecule has 2 N–H and O–H groups in total. The fourth-order valence-corrected chi connectivity index (χ4v) is 8.63. The van der Waals surface area contributed by atoms with Crippen LogP contribution in [0.3, 0.4) is 0 Å². The number of amides is 2. The first-order chi connectivity index (χ1) is 15.5. The predicted octanol–water partition coefficient (Wildman–Crippen LogP) is 3.60. The molecule has 5 fully saturated rings. The number of anilines is 1. The maximum atomic E-state index is 14.0. The summed E-state index contributed by atoms with van der Waals surface area (Å²) >= 11 is 0. The summed E-state index contributed by atoms with van der Waals surface area (Å²) in [6.07, 6.45) is 8.86. The highest BCUT2D eigenvalue weighted by molar-refractivity contribution is 6.10. The van der Waals surface area contributed by atoms with Crippen molar-refractivity contribution in [3.63, 3.8) is 0 Å². The molecule has 33 heavy (non-hydrogen) atoms. The van der Waals surface area contributed by atoms with E-state index in [9.17, 15) is 9.59 Å². The number of fused-ring (bicyclic) bond motifs is 5. The molecule has 4 unspecified atom stereocenters. The van der Waals surface area contributed by atoms with Gasteiger partial charge in [0.05, 0.1) is 16.6 Å². The van der Waals surface area contributed by atoms with Crippen molar-refractivity contribution in [2.45, 2.75) is 81.9 Å². The number of ether oxygens (including phenoxy) is 1. The van der Waals surface area contributed by atoms with Crippen LogP contribution in [-0.4, -0.2) is 46.5 Å². The van der Waals surface area contributed by atoms with E-state index in [1.165, 1.54) is 0 Å². The van der Waals surface area contributed by atoms with Crippen molar-refractivity contribution in [1.82, 2.24) is 10.2 Å². The van der Waals surface area contributed by atoms with Crippen molar-refractivity contribution in [2.75, 3.05) is 18.4 Å². The molecule has 3 spiro atoms. The quantitative estimate of drug-likeness (QED) is 0.638. The van der Waals surface area contributed by atoms with Crippen LogP contribution in [0.1, 0.15) is 70.9 Å². The van der Waals surface area contributed by atoms with Gasteiger partial charge in [-0.15, -0.1) is 0 Å². The molecule has 2 bridgehead atoms. The van der Waals surface area contributed by atoms with Gasteiger partial charge in [0.25, 0.3) is 0 Å². The molecule has 6 heteroatoms. The zero-order chi connectivity index (χ0) is 23.0. The number of piperidine rings is 3. The van der Waals surface area contributed by atoms with E-state index in [-0.39, 0.29) is 39.8 Å². The topological polar surface area (TPSA) is 70.7 Å². The summed E-state index contributed by atoms with van der Waals surface area (Å²) in [7, 11) is 0. The molecule has 4 saturated heterocycles. The molecule has 174 valence electrons. The van der Waals surface area contributed by atoms with Gasteiger partial charge in [-0.25, -0.2) is 0 Å². The van der Waals surface area contributed by atoms with Crippen LogP contribution in [0, 0.1) is 11.3 Å². The molecule has 1 aromatic carbocycles. The van der Waals surface area contributed by atoms with Gasteiger partial charge >= 0.3 is 0 Å². The lowest BCUT2D eigenvalue weighted by Crippen LogP contribution is -2.80. The Bertz CT molecular complexity index is 1170. The zero-order valence-corrected chi connectivity index (χ0v) is 20.0. The van der Waals surface area contributed by atoms with Gasteiger partial charge in [-0.2, -0.15) is 0 Å². The van der Waals surface area contributed by atoms with Crippen LogP contribution in [0.2, 0.25) is 0 Å². The van der Waals surface area contributed by atoms with E-state index >= 15 is 0 Å². The number of benzene rings is 1. The molecule has 1 aromatic rings. The van der Waals surface area contributed by atoms with E-state index < -0.39 is 5.41 Å². The van der Waals surface area contributed by atoms with Gasteiger partial charge in [0.2, 0.25) is 11.8 Å². The van der Waals surface area contributed by atoms with Crippen molar-refractivity contribution in [3.05, 3.63) is 29.3 Å². The third-order valence-electron chi connectivity index (χ3n) is 10.2. The van der Waals surface area contributed by atoms with Crippen LogP contribution in [0.5, 0.6) is 5.75 Å². The number of nitrogens with one attached hydrogen (secondary N) is 2. The zero-order valence-electron chi connectivity index (χ0n) is 20.0. The number of piperazine rings is 1. The lowest BCUT2D eigenvalue weighted by Gasteiger charge is -2.63. The Morgan fingerprint density at radius 3 is 2.73 bits per heavy atom. The Balaban J connectivity index is 1.40. The average molecular weight is 448 g/mol. The molecule has 1 aliphatic carbocycles. The fourth-order valence-electron chi connectivity index (χ4n) is 8.63. The number of nitrogens with zero attached hydrogens (tertiary/aromatic N) is 1. The summed E-state index contributed by atoms with van der Waals surface area (Å²) in [5.41, 5.74) is 0.853. The molecule has 1 saturated carbocycles. The van der Waals surface area contributed by atoms with Gasteiger partial charge in [-0.05, 0) is 87.6 Å². The smallest absolute Gasteiger partial charge is 0.241 e. The van der Waals surface area contributed by atoms with Gasteiger partial charge in [0, 0.05) is 12.1 Å². The standard InChI is InChI=1S/C27H33N3O3/c1-23(2)11-9-16-18(33-23)8-7-17-20(16)28-22(32)27(17)14-25-15-30-12-6-5-10-26(30,21(31)29-25)13-19(25)24(27,3)4/h7-9,11,19H,5-6,10,12-15H2,1-4H3,(H,28,32)(H,29,31). The molecule has 4 atom stereocenters. The second-order valence-corrected chi connectivity index (χ2v) is 12.5. The van der Waals surface area contributed by atoms with Gasteiger partial charge in [0.15, 0.2) is 0 Å². The SMILES string of the molecule is CC1(C)C=Cc2c(ccc3c2NC(=O)C32CC34CN5CCCCC5(CC3C2(C)C)C(=O)N4)O1. The van der Waals surface area contributed by atoms with Gasteiger partial charge in [-0.3, -0.25) is 14.5 Å². The number of rotatable bonds is 0. The average Bonchev–Trinajstić information content (AvgIpc) is 3.14. The third kappa shape index (κ3) is 2.11. The van der Waals surface area contributed by atoms with Crippen LogP contribution >= 0.6 is 0 Å². The van der Waals surface area contributed by atoms with E-state index in [2.05, 4.69) is 47.6 Å². The lowest BCUT2D eigenvalue weighted by atomic mass is 9.56. The second kappa shape index (κ2) is 5.65. The first-order valence-corrected chi connectivity index (χ1v) is 12.5. The largest absolute Gasteiger partial charge is 0.483 e. The van der Waals surface area contributed by atoms with Crippen LogP contribution < -0.4 is 15.4 Å². The minimum Gasteiger partial charge on any atom is -0.483 e. The highest BCUT2D eigenvalue weighted by Crippen LogP contribution is 2.70. The van der Waals surface area contributed by atoms with Crippen molar-refractivity contribution >= 4 is 23.6 Å². The number of carbonyl (C=O) groups excluding carboxylic acids is 2. The summed E-state index contributed by atoms with van der Waals surface area (Å²) in [5, 5.41) is 6.79. The van der Waals surface area contributed by atoms with Gasteiger partial charge < -0.3 is 15.4 Å². The van der Waals surface area contributed by atoms with E-state index in [4.69, 9.17) is 4.74 Å². The highest BCUT2D eigenvalue weighted by atomic mass is 16.5. The summed E-state index contributed by atoms with van der Waals surface area (Å²) in [5.74, 6) is 1.34. The van der Waals surface area contributed by atoms with E-state index in [0.717, 1.165) is 61.3 Å². The van der Waals surface area contributed by atoms with Crippen molar-refractivity contribution in [3.8, 4) is 5.75 Å². The van der Waals surface area contributed by atoms with E-state index in [1.54, 1.807) is 0 Å². The van der Waals surface area contributed by atoms with Crippen LogP contribution in [0.4, 0.5) is 5.69 Å². The van der Waals surface area contributed by atoms with E-state index in [1.807, 2.05) is 19.9 Å². The Kier molecular flexibility index (Phi) is 3.44. The van der Waals surface area contributed by atoms with Crippen molar-refractivity contribution < 1.29 is 14.3 Å². The normalized spacial score (nSPS) is 41.0. The lowest BCUT2D eigenvalue weighted by molar-refractivity contribution is -0.167. The summed E-state index contributed by atoms with van der Waals surface area (Å²) in [6, 6.07) is 4.14. The molecule has 7 aliphatic rings. The third-order valence-corrected chi connectivity index (χ3v) is 10.2. The van der Waals surface area contributed by atoms with Crippen LogP contribution in [0.15, 0.2) is 18.2 Å². The van der Waals surface area contributed by atoms with Gasteiger partial charge in [-0.1, -0.05) is 19.9 Å². The molecular formula is C27H33N3O3. The maximum absolute atomic E-state index is 14.0. The van der Waals surface area contributed by atoms with Crippen LogP contribution in [0.25, 0.3) is 6.08 Å². The molecular weight excluding hydrogens is 414 g/mol. The minimum absolute atomic E-state index is 0.0751. The highest BCUT2D eigenvalue weighted by Gasteiger charge is 2.77. The number of hydrogen-bond acceptors (Lipinski definition) is 4. The Morgan fingerprint density at radius 1 is 1.09 bits per heavy atom. The first-order valence-electron chi connectivity index (χ1n) is 12.5. The molecule has 2 amide bonds. The molecule has 6 nitrogen and oxygen atoms in total. The molecule has 6 aliphatic heterocycles. The molecule has 0 radical (unpaired) electrons. The number of carbonyl (C=O) groups is 2. The summed E-state index contributed by atoms with van der Waals surface area (Å²) < 4.78 is 6.20. The first kappa shape index (κ1) is 20.1. The monoisotopic (exact) mass is 447 g/mol. The summed E-state index contributed by atoms with van der Waals surface area (Å²) in [4.78, 5) is 29.9. The predicted molar refractivity (Wildman–Crippen MR) is 126 cm³/mol. The van der Waals surface area contributed by atoms with E-state index in [0.29, 0.717) is 6.42 Å². The van der Waals surface area contributed by atoms with Crippen molar-refractivity contribution in [1.29, 1.82) is 0 Å². The Morgan fingerprint density at radius 2 is 1.91 bits per heavy atom. The minimum atomic E-state index is -0.670. The molecule has 8 rings (SSSR count). The Labute approximate surface area is 195 Å². The Hall–Kier alpha value is -2.34. The summed E-state index contributed by atoms with van der Waals surface area (Å²) in [6.45, 7) is 10.5. The molecule has 6 heterocycles. The second-order valence-electron chi connectivity index (χ2n) is 12.5. The maximum Gasteiger partial charge on any atom is 0.241 e.